The Morgan fingerprint density at radius 2 is 1.75 bits per heavy atom. The maximum absolute atomic E-state index is 15.3. The molecule has 3 amide bonds. The first-order chi connectivity index (χ1) is 27.0. The summed E-state index contributed by atoms with van der Waals surface area (Å²) in [6.07, 6.45) is 0.0487. The summed E-state index contributed by atoms with van der Waals surface area (Å²) in [6.45, 7) is 8.89. The van der Waals surface area contributed by atoms with Gasteiger partial charge >= 0.3 is 0 Å². The number of aliphatic hydroxyl groups is 1. The molecule has 10 nitrogen and oxygen atoms in total. The first kappa shape index (κ1) is 38.4. The van der Waals surface area contributed by atoms with E-state index in [0.29, 0.717) is 43.2 Å². The molecule has 2 saturated heterocycles. The summed E-state index contributed by atoms with van der Waals surface area (Å²) in [6, 6.07) is 29.2. The van der Waals surface area contributed by atoms with Crippen molar-refractivity contribution < 1.29 is 29.0 Å². The van der Waals surface area contributed by atoms with Crippen molar-refractivity contribution in [3.8, 4) is 5.75 Å². The third-order valence-electron chi connectivity index (χ3n) is 12.7. The number of ether oxygens (including phenoxy) is 2. The topological polar surface area (TPSA) is 112 Å². The number of fused-ring (bicyclic) bond motifs is 3. The normalized spacial score (nSPS) is 24.8. The van der Waals surface area contributed by atoms with Gasteiger partial charge in [0.25, 0.3) is 5.91 Å². The smallest absolute Gasteiger partial charge is 0.264 e. The van der Waals surface area contributed by atoms with Gasteiger partial charge in [0.2, 0.25) is 11.8 Å². The second-order valence-electron chi connectivity index (χ2n) is 16.1. The van der Waals surface area contributed by atoms with Crippen molar-refractivity contribution >= 4 is 54.0 Å². The van der Waals surface area contributed by atoms with Gasteiger partial charge in [0.1, 0.15) is 5.75 Å². The SMILES string of the molecule is COc1ccc([Si](C)(C)[C@@H]2[C@@H](CC(=O)N3Cc4ccccc4C[C@H]3CO)O[C@]3(C(=O)N(Cc4ccc(N5CCNCC5=O)cc4)c4ccc(Cl)cc43)[C@H]2C)cc1. The minimum Gasteiger partial charge on any atom is -0.497 e. The number of methoxy groups -OCH3 is 1. The van der Waals surface area contributed by atoms with Crippen molar-refractivity contribution in [2.24, 2.45) is 5.92 Å². The number of nitrogens with zero attached hydrogens (tertiary/aromatic N) is 3. The Kier molecular flexibility index (Phi) is 10.3. The van der Waals surface area contributed by atoms with Crippen LogP contribution < -0.4 is 25.0 Å². The number of nitrogens with one attached hydrogen (secondary N) is 1. The average Bonchev–Trinajstić information content (AvgIpc) is 3.63. The molecule has 0 unspecified atom stereocenters. The first-order valence-electron chi connectivity index (χ1n) is 19.5. The summed E-state index contributed by atoms with van der Waals surface area (Å²) < 4.78 is 12.8. The van der Waals surface area contributed by atoms with E-state index in [-0.39, 0.29) is 48.3 Å². The number of carbonyl (C=O) groups is 3. The van der Waals surface area contributed by atoms with E-state index in [1.165, 1.54) is 5.19 Å². The van der Waals surface area contributed by atoms with Crippen molar-refractivity contribution in [1.82, 2.24) is 10.2 Å². The molecule has 0 aromatic heterocycles. The number of amides is 3. The molecule has 4 aromatic rings. The number of carbonyl (C=O) groups excluding carboxylic acids is 3. The molecule has 1 spiro atoms. The Labute approximate surface area is 334 Å². The van der Waals surface area contributed by atoms with Gasteiger partial charge in [-0.15, -0.1) is 0 Å². The van der Waals surface area contributed by atoms with Gasteiger partial charge in [0.05, 0.1) is 59.1 Å². The van der Waals surface area contributed by atoms with Crippen LogP contribution in [0.25, 0.3) is 0 Å². The Balaban J connectivity index is 1.16. The monoisotopic (exact) mass is 792 g/mol. The number of piperazine rings is 1. The maximum Gasteiger partial charge on any atom is 0.264 e. The predicted octanol–water partition coefficient (Wildman–Crippen LogP) is 5.38. The van der Waals surface area contributed by atoms with Crippen LogP contribution in [-0.2, 0) is 44.2 Å². The van der Waals surface area contributed by atoms with Crippen LogP contribution in [0, 0.1) is 5.92 Å². The van der Waals surface area contributed by atoms with Crippen LogP contribution in [0.15, 0.2) is 91.0 Å². The van der Waals surface area contributed by atoms with Crippen molar-refractivity contribution in [2.75, 3.05) is 43.2 Å². The molecule has 4 aliphatic rings. The zero-order valence-corrected chi connectivity index (χ0v) is 34.1. The maximum atomic E-state index is 15.3. The average molecular weight is 793 g/mol. The van der Waals surface area contributed by atoms with Gasteiger partial charge in [-0.05, 0) is 71.1 Å². The lowest BCUT2D eigenvalue weighted by atomic mass is 9.82. The molecular formula is C44H49ClN4O6Si. The first-order valence-corrected chi connectivity index (χ1v) is 22.9. The Morgan fingerprint density at radius 1 is 1.02 bits per heavy atom. The molecule has 4 aromatic carbocycles. The highest BCUT2D eigenvalue weighted by Gasteiger charge is 2.66. The number of rotatable bonds is 9. The quantitative estimate of drug-likeness (QED) is 0.219. The number of anilines is 2. The van der Waals surface area contributed by atoms with Crippen LogP contribution in [0.2, 0.25) is 23.7 Å². The largest absolute Gasteiger partial charge is 0.497 e. The van der Waals surface area contributed by atoms with E-state index in [4.69, 9.17) is 21.1 Å². The van der Waals surface area contributed by atoms with Gasteiger partial charge in [-0.25, -0.2) is 0 Å². The second kappa shape index (κ2) is 15.1. The Hall–Kier alpha value is -4.52. The highest BCUT2D eigenvalue weighted by Crippen LogP contribution is 2.60. The van der Waals surface area contributed by atoms with Gasteiger partial charge in [0, 0.05) is 41.8 Å². The molecule has 4 heterocycles. The highest BCUT2D eigenvalue weighted by molar-refractivity contribution is 6.91. The van der Waals surface area contributed by atoms with E-state index >= 15 is 4.79 Å². The zero-order valence-electron chi connectivity index (χ0n) is 32.3. The van der Waals surface area contributed by atoms with Crippen molar-refractivity contribution in [1.29, 1.82) is 0 Å². The molecule has 0 saturated carbocycles. The van der Waals surface area contributed by atoms with E-state index in [1.807, 2.05) is 66.7 Å². The van der Waals surface area contributed by atoms with E-state index in [2.05, 4.69) is 43.5 Å². The van der Waals surface area contributed by atoms with E-state index in [1.54, 1.807) is 27.9 Å². The zero-order chi connectivity index (χ0) is 39.4. The van der Waals surface area contributed by atoms with Crippen LogP contribution in [-0.4, -0.2) is 81.3 Å². The summed E-state index contributed by atoms with van der Waals surface area (Å²) >= 11 is 6.73. The molecule has 2 fully saturated rings. The predicted molar refractivity (Wildman–Crippen MR) is 220 cm³/mol. The third kappa shape index (κ3) is 6.53. The van der Waals surface area contributed by atoms with Gasteiger partial charge in [0.15, 0.2) is 5.60 Å². The third-order valence-corrected chi connectivity index (χ3v) is 17.3. The Bertz CT molecular complexity index is 2150. The lowest BCUT2D eigenvalue weighted by molar-refractivity contribution is -0.151. The fourth-order valence-corrected chi connectivity index (χ4v) is 14.0. The van der Waals surface area contributed by atoms with Crippen molar-refractivity contribution in [3.05, 3.63) is 118 Å². The summed E-state index contributed by atoms with van der Waals surface area (Å²) in [5, 5.41) is 15.3. The van der Waals surface area contributed by atoms with Gasteiger partial charge in [-0.3, -0.25) is 14.4 Å². The molecule has 0 bridgehead atoms. The lowest BCUT2D eigenvalue weighted by Crippen LogP contribution is -2.52. The standard InChI is InChI=1S/C44H49ClN4O6Si/c1-28-42(56(3,4)36-16-14-35(54-2)15-17-36)39(23-40(51)48-26-31-8-6-5-7-30(31)21-34(48)27-50)55-44(28)37-22-32(45)11-18-38(37)49(43(44)53)25-29-9-12-33(13-10-29)47-20-19-46-24-41(47)52/h5-18,22,28,34,39,42,46,50H,19-21,23-27H2,1-4H3/t28-,34-,39+,42-,44+/m0/s1. The summed E-state index contributed by atoms with van der Waals surface area (Å²) in [5.74, 6) is 0.183. The summed E-state index contributed by atoms with van der Waals surface area (Å²) in [4.78, 5) is 47.8. The number of benzene rings is 4. The second-order valence-corrected chi connectivity index (χ2v) is 21.3. The van der Waals surface area contributed by atoms with Crippen molar-refractivity contribution in [2.45, 2.75) is 69.2 Å². The van der Waals surface area contributed by atoms with Gasteiger partial charge < -0.3 is 34.6 Å². The molecule has 8 rings (SSSR count). The lowest BCUT2D eigenvalue weighted by Gasteiger charge is -2.39. The minimum atomic E-state index is -2.53. The highest BCUT2D eigenvalue weighted by atomic mass is 35.5. The van der Waals surface area contributed by atoms with Crippen LogP contribution in [0.5, 0.6) is 5.75 Å². The van der Waals surface area contributed by atoms with Crippen LogP contribution in [0.1, 0.15) is 35.6 Å². The number of aliphatic hydroxyl groups excluding tert-OH is 1. The van der Waals surface area contributed by atoms with E-state index < -0.39 is 19.8 Å². The molecule has 0 radical (unpaired) electrons. The van der Waals surface area contributed by atoms with Crippen LogP contribution in [0.4, 0.5) is 11.4 Å². The van der Waals surface area contributed by atoms with Gasteiger partial charge in [-0.2, -0.15) is 0 Å². The van der Waals surface area contributed by atoms with Gasteiger partial charge in [-0.1, -0.05) is 85.3 Å². The number of hydrogen-bond acceptors (Lipinski definition) is 7. The fourth-order valence-electron chi connectivity index (χ4n) is 9.82. The van der Waals surface area contributed by atoms with Crippen molar-refractivity contribution in [3.63, 3.8) is 0 Å². The molecule has 292 valence electrons. The fraction of sp³-hybridized carbons (Fsp3) is 0.386. The molecule has 5 atom stereocenters. The summed E-state index contributed by atoms with van der Waals surface area (Å²) in [7, 11) is -0.882. The molecule has 56 heavy (non-hydrogen) atoms. The van der Waals surface area contributed by atoms with E-state index in [0.717, 1.165) is 40.4 Å². The Morgan fingerprint density at radius 3 is 2.45 bits per heavy atom. The molecule has 0 aliphatic carbocycles. The summed E-state index contributed by atoms with van der Waals surface area (Å²) in [5.41, 5.74) is 3.85. The molecular weight excluding hydrogens is 744 g/mol. The molecule has 4 aliphatic heterocycles. The van der Waals surface area contributed by atoms with Crippen LogP contribution >= 0.6 is 11.6 Å². The number of halogens is 1. The van der Waals surface area contributed by atoms with E-state index in [9.17, 15) is 14.7 Å². The molecule has 2 N–H and O–H groups in total. The van der Waals surface area contributed by atoms with Crippen LogP contribution in [0.3, 0.4) is 0 Å². The molecule has 12 heteroatoms. The minimum absolute atomic E-state index is 0.0273. The number of hydrogen-bond donors (Lipinski definition) is 2.